The molecule has 0 saturated carbocycles. The molecular formula is C24H26NP. The van der Waals surface area contributed by atoms with Crippen molar-refractivity contribution < 1.29 is 0 Å². The molecule has 1 fully saturated rings. The molecule has 0 atom stereocenters. The molecule has 0 aromatic heterocycles. The number of piperidine rings is 1. The maximum atomic E-state index is 2.63. The van der Waals surface area contributed by atoms with Crippen molar-refractivity contribution in [2.45, 2.75) is 25.8 Å². The van der Waals surface area contributed by atoms with Gasteiger partial charge >= 0.3 is 0 Å². The fourth-order valence-electron chi connectivity index (χ4n) is 3.80. The molecule has 4 rings (SSSR count). The standard InChI is InChI=1S/C24H26NP/c1-4-13-22(14-5-1)26(23-15-6-2-7-16-23)24-17-9-8-12-21(24)20-25-18-10-3-11-19-25/h1-2,4-9,12-17H,3,10-11,18-20H2. The molecule has 1 heterocycles. The summed E-state index contributed by atoms with van der Waals surface area (Å²) in [4.78, 5) is 2.63. The Morgan fingerprint density at radius 2 is 1.15 bits per heavy atom. The first-order valence-corrected chi connectivity index (χ1v) is 11.0. The minimum Gasteiger partial charge on any atom is -0.299 e. The van der Waals surface area contributed by atoms with Crippen LogP contribution in [0.5, 0.6) is 0 Å². The van der Waals surface area contributed by atoms with Gasteiger partial charge in [-0.05, 0) is 55.3 Å². The Bertz CT molecular complexity index is 770. The van der Waals surface area contributed by atoms with E-state index in [1.54, 1.807) is 0 Å². The molecule has 0 amide bonds. The number of nitrogens with zero attached hydrogens (tertiary/aromatic N) is 1. The van der Waals surface area contributed by atoms with E-state index in [2.05, 4.69) is 89.8 Å². The predicted octanol–water partition coefficient (Wildman–Crippen LogP) is 4.43. The van der Waals surface area contributed by atoms with Gasteiger partial charge in [0.05, 0.1) is 0 Å². The summed E-state index contributed by atoms with van der Waals surface area (Å²) >= 11 is 0. The van der Waals surface area contributed by atoms with Crippen molar-refractivity contribution in [3.8, 4) is 0 Å². The lowest BCUT2D eigenvalue weighted by Crippen LogP contribution is -2.32. The van der Waals surface area contributed by atoms with Crippen molar-refractivity contribution in [1.29, 1.82) is 0 Å². The third-order valence-electron chi connectivity index (χ3n) is 5.10. The van der Waals surface area contributed by atoms with Crippen LogP contribution in [-0.4, -0.2) is 18.0 Å². The minimum absolute atomic E-state index is 0.520. The smallest absolute Gasteiger partial charge is 0.0240 e. The fraction of sp³-hybridized carbons (Fsp3) is 0.250. The van der Waals surface area contributed by atoms with Crippen molar-refractivity contribution in [3.05, 3.63) is 90.5 Å². The van der Waals surface area contributed by atoms with E-state index in [0.29, 0.717) is 0 Å². The number of benzene rings is 3. The van der Waals surface area contributed by atoms with E-state index in [-0.39, 0.29) is 0 Å². The monoisotopic (exact) mass is 359 g/mol. The zero-order valence-corrected chi connectivity index (χ0v) is 16.1. The molecule has 1 saturated heterocycles. The van der Waals surface area contributed by atoms with Crippen LogP contribution in [-0.2, 0) is 6.54 Å². The van der Waals surface area contributed by atoms with Gasteiger partial charge in [0.25, 0.3) is 0 Å². The highest BCUT2D eigenvalue weighted by atomic mass is 31.1. The van der Waals surface area contributed by atoms with Crippen molar-refractivity contribution in [2.75, 3.05) is 13.1 Å². The molecule has 3 aromatic rings. The van der Waals surface area contributed by atoms with Crippen LogP contribution in [0.2, 0.25) is 0 Å². The molecule has 0 spiro atoms. The van der Waals surface area contributed by atoms with Gasteiger partial charge in [-0.15, -0.1) is 0 Å². The third kappa shape index (κ3) is 4.06. The summed E-state index contributed by atoms with van der Waals surface area (Å²) in [7, 11) is -0.520. The van der Waals surface area contributed by atoms with Gasteiger partial charge in [-0.3, -0.25) is 4.90 Å². The van der Waals surface area contributed by atoms with E-state index in [1.165, 1.54) is 53.8 Å². The number of hydrogen-bond acceptors (Lipinski definition) is 1. The Kier molecular flexibility index (Phi) is 5.79. The van der Waals surface area contributed by atoms with Crippen molar-refractivity contribution in [2.24, 2.45) is 0 Å². The van der Waals surface area contributed by atoms with Crippen LogP contribution in [0.3, 0.4) is 0 Å². The molecule has 0 N–H and O–H groups in total. The average molecular weight is 359 g/mol. The average Bonchev–Trinajstić information content (AvgIpc) is 2.72. The normalized spacial score (nSPS) is 15.3. The molecule has 132 valence electrons. The molecule has 0 radical (unpaired) electrons. The van der Waals surface area contributed by atoms with Crippen LogP contribution in [0.1, 0.15) is 24.8 Å². The zero-order valence-electron chi connectivity index (χ0n) is 15.2. The Morgan fingerprint density at radius 1 is 0.615 bits per heavy atom. The summed E-state index contributed by atoms with van der Waals surface area (Å²) < 4.78 is 0. The van der Waals surface area contributed by atoms with E-state index in [0.717, 1.165) is 6.54 Å². The van der Waals surface area contributed by atoms with E-state index in [1.807, 2.05) is 0 Å². The summed E-state index contributed by atoms with van der Waals surface area (Å²) in [5.74, 6) is 0. The van der Waals surface area contributed by atoms with Gasteiger partial charge in [-0.2, -0.15) is 0 Å². The SMILES string of the molecule is c1ccc(P(c2ccccc2)c2ccccc2CN2CCCCC2)cc1. The molecular weight excluding hydrogens is 333 g/mol. The first-order chi connectivity index (χ1) is 12.9. The van der Waals surface area contributed by atoms with Gasteiger partial charge in [0.2, 0.25) is 0 Å². The summed E-state index contributed by atoms with van der Waals surface area (Å²) in [5, 5.41) is 4.37. The number of rotatable bonds is 5. The second kappa shape index (κ2) is 8.62. The lowest BCUT2D eigenvalue weighted by molar-refractivity contribution is 0.221. The quantitative estimate of drug-likeness (QED) is 0.609. The molecule has 3 aromatic carbocycles. The number of likely N-dealkylation sites (tertiary alicyclic amines) is 1. The molecule has 0 aliphatic carbocycles. The van der Waals surface area contributed by atoms with Gasteiger partial charge in [0, 0.05) is 6.54 Å². The summed E-state index contributed by atoms with van der Waals surface area (Å²) in [6, 6.07) is 31.1. The molecule has 1 aliphatic rings. The van der Waals surface area contributed by atoms with Crippen LogP contribution in [0, 0.1) is 0 Å². The molecule has 0 bridgehead atoms. The topological polar surface area (TPSA) is 3.24 Å². The highest BCUT2D eigenvalue weighted by molar-refractivity contribution is 7.79. The Labute approximate surface area is 158 Å². The van der Waals surface area contributed by atoms with Gasteiger partial charge < -0.3 is 0 Å². The lowest BCUT2D eigenvalue weighted by atomic mass is 10.1. The summed E-state index contributed by atoms with van der Waals surface area (Å²) in [5.41, 5.74) is 1.49. The van der Waals surface area contributed by atoms with Crippen molar-refractivity contribution in [3.63, 3.8) is 0 Å². The van der Waals surface area contributed by atoms with E-state index in [9.17, 15) is 0 Å². The molecule has 1 nitrogen and oxygen atoms in total. The second-order valence-electron chi connectivity index (χ2n) is 6.97. The van der Waals surface area contributed by atoms with Crippen LogP contribution >= 0.6 is 7.92 Å². The van der Waals surface area contributed by atoms with Crippen LogP contribution in [0.15, 0.2) is 84.9 Å². The van der Waals surface area contributed by atoms with Crippen LogP contribution in [0.25, 0.3) is 0 Å². The van der Waals surface area contributed by atoms with Gasteiger partial charge in [0.1, 0.15) is 0 Å². The Morgan fingerprint density at radius 3 is 1.77 bits per heavy atom. The highest BCUT2D eigenvalue weighted by Crippen LogP contribution is 2.34. The first kappa shape index (κ1) is 17.5. The zero-order chi connectivity index (χ0) is 17.6. The van der Waals surface area contributed by atoms with Crippen LogP contribution < -0.4 is 15.9 Å². The van der Waals surface area contributed by atoms with Crippen molar-refractivity contribution >= 4 is 23.8 Å². The van der Waals surface area contributed by atoms with E-state index < -0.39 is 7.92 Å². The summed E-state index contributed by atoms with van der Waals surface area (Å²) in [6.45, 7) is 3.56. The largest absolute Gasteiger partial charge is 0.299 e. The van der Waals surface area contributed by atoms with E-state index in [4.69, 9.17) is 0 Å². The molecule has 26 heavy (non-hydrogen) atoms. The molecule has 0 unspecified atom stereocenters. The summed E-state index contributed by atoms with van der Waals surface area (Å²) in [6.07, 6.45) is 4.07. The fourth-order valence-corrected chi connectivity index (χ4v) is 6.27. The first-order valence-electron chi connectivity index (χ1n) is 9.62. The Balaban J connectivity index is 1.74. The Hall–Kier alpha value is -1.95. The maximum Gasteiger partial charge on any atom is 0.0240 e. The lowest BCUT2D eigenvalue weighted by Gasteiger charge is -2.29. The molecule has 2 heteroatoms. The van der Waals surface area contributed by atoms with Gasteiger partial charge in [-0.25, -0.2) is 0 Å². The maximum absolute atomic E-state index is 2.63. The van der Waals surface area contributed by atoms with Gasteiger partial charge in [0.15, 0.2) is 0 Å². The van der Waals surface area contributed by atoms with Gasteiger partial charge in [-0.1, -0.05) is 91.3 Å². The second-order valence-corrected chi connectivity index (χ2v) is 9.16. The third-order valence-corrected chi connectivity index (χ3v) is 7.65. The highest BCUT2D eigenvalue weighted by Gasteiger charge is 2.20. The van der Waals surface area contributed by atoms with E-state index >= 15 is 0 Å². The minimum atomic E-state index is -0.520. The number of hydrogen-bond donors (Lipinski definition) is 0. The van der Waals surface area contributed by atoms with Crippen molar-refractivity contribution in [1.82, 2.24) is 4.90 Å². The van der Waals surface area contributed by atoms with Crippen LogP contribution in [0.4, 0.5) is 0 Å². The molecule has 1 aliphatic heterocycles. The predicted molar refractivity (Wildman–Crippen MR) is 114 cm³/mol.